The van der Waals surface area contributed by atoms with E-state index >= 15 is 0 Å². The highest BCUT2D eigenvalue weighted by atomic mass is 16.5. The average molecular weight is 210 g/mol. The van der Waals surface area contributed by atoms with E-state index in [1.165, 1.54) is 12.5 Å². The van der Waals surface area contributed by atoms with Gasteiger partial charge in [-0.05, 0) is 31.6 Å². The van der Waals surface area contributed by atoms with Crippen LogP contribution >= 0.6 is 0 Å². The summed E-state index contributed by atoms with van der Waals surface area (Å²) in [5.41, 5.74) is 1.18. The summed E-state index contributed by atoms with van der Waals surface area (Å²) in [5, 5.41) is 0. The first-order valence-electron chi connectivity index (χ1n) is 4.73. The van der Waals surface area contributed by atoms with Gasteiger partial charge in [-0.1, -0.05) is 6.08 Å². The van der Waals surface area contributed by atoms with Crippen molar-refractivity contribution in [1.82, 2.24) is 0 Å². The molecule has 0 aromatic carbocycles. The molecule has 0 saturated heterocycles. The monoisotopic (exact) mass is 210 g/mol. The first-order valence-corrected chi connectivity index (χ1v) is 4.73. The highest BCUT2D eigenvalue weighted by Gasteiger charge is 2.05. The largest absolute Gasteiger partial charge is 0.501 e. The Morgan fingerprint density at radius 2 is 1.73 bits per heavy atom. The molecule has 84 valence electrons. The van der Waals surface area contributed by atoms with Crippen LogP contribution in [-0.4, -0.2) is 20.5 Å². The van der Waals surface area contributed by atoms with Crippen LogP contribution in [0.4, 0.5) is 0 Å². The van der Waals surface area contributed by atoms with Crippen molar-refractivity contribution < 1.29 is 14.3 Å². The van der Waals surface area contributed by atoms with Crippen LogP contribution in [0.1, 0.15) is 20.3 Å². The fourth-order valence-corrected chi connectivity index (χ4v) is 1.08. The number of rotatable bonds is 2. The third-order valence-corrected chi connectivity index (χ3v) is 1.79. The molecule has 0 radical (unpaired) electrons. The third-order valence-electron chi connectivity index (χ3n) is 1.79. The summed E-state index contributed by atoms with van der Waals surface area (Å²) in [7, 11) is 3.35. The molecule has 0 amide bonds. The molecular formula is C12H18O3. The zero-order valence-electron chi connectivity index (χ0n) is 9.74. The Kier molecular flexibility index (Phi) is 7.06. The van der Waals surface area contributed by atoms with Gasteiger partial charge in [0.2, 0.25) is 0 Å². The third kappa shape index (κ3) is 5.73. The van der Waals surface area contributed by atoms with Crippen molar-refractivity contribution in [2.75, 3.05) is 14.2 Å². The van der Waals surface area contributed by atoms with Crippen molar-refractivity contribution in [3.8, 4) is 0 Å². The molecule has 0 heterocycles. The SMILES string of the molecule is CC=O.COC1=CC=C(C)C=C(OC)C1. The molecule has 0 spiro atoms. The predicted molar refractivity (Wildman–Crippen MR) is 60.3 cm³/mol. The van der Waals surface area contributed by atoms with Crippen LogP contribution in [-0.2, 0) is 14.3 Å². The minimum atomic E-state index is 0.737. The second-order valence-corrected chi connectivity index (χ2v) is 2.98. The van der Waals surface area contributed by atoms with Gasteiger partial charge in [0.1, 0.15) is 17.8 Å². The Balaban J connectivity index is 0.000000583. The van der Waals surface area contributed by atoms with Gasteiger partial charge in [-0.2, -0.15) is 0 Å². The summed E-state index contributed by atoms with van der Waals surface area (Å²) in [5.74, 6) is 1.87. The number of hydrogen-bond donors (Lipinski definition) is 0. The van der Waals surface area contributed by atoms with E-state index in [1.54, 1.807) is 14.2 Å². The van der Waals surface area contributed by atoms with Crippen molar-refractivity contribution in [3.05, 3.63) is 35.3 Å². The quantitative estimate of drug-likeness (QED) is 0.657. The second kappa shape index (κ2) is 7.85. The highest BCUT2D eigenvalue weighted by molar-refractivity contribution is 5.44. The number of carbonyl (C=O) groups excluding carboxylic acids is 1. The fourth-order valence-electron chi connectivity index (χ4n) is 1.08. The summed E-state index contributed by atoms with van der Waals surface area (Å²) < 4.78 is 10.3. The zero-order valence-corrected chi connectivity index (χ0v) is 9.74. The molecule has 3 heteroatoms. The molecule has 1 aliphatic rings. The van der Waals surface area contributed by atoms with Gasteiger partial charge in [-0.3, -0.25) is 0 Å². The lowest BCUT2D eigenvalue weighted by Gasteiger charge is -2.06. The number of hydrogen-bond acceptors (Lipinski definition) is 3. The molecule has 3 nitrogen and oxygen atoms in total. The van der Waals surface area contributed by atoms with Crippen LogP contribution in [0.25, 0.3) is 0 Å². The van der Waals surface area contributed by atoms with Gasteiger partial charge in [-0.15, -0.1) is 0 Å². The molecule has 0 bridgehead atoms. The van der Waals surface area contributed by atoms with E-state index < -0.39 is 0 Å². The summed E-state index contributed by atoms with van der Waals surface area (Å²) >= 11 is 0. The number of carbonyl (C=O) groups is 1. The smallest absolute Gasteiger partial charge is 0.116 e. The second-order valence-electron chi connectivity index (χ2n) is 2.98. The number of allylic oxidation sites excluding steroid dienone is 4. The minimum absolute atomic E-state index is 0.737. The minimum Gasteiger partial charge on any atom is -0.501 e. The Labute approximate surface area is 91.1 Å². The number of ether oxygens (including phenoxy) is 2. The molecule has 1 aliphatic carbocycles. The molecule has 0 aliphatic heterocycles. The Bertz CT molecular complexity index is 285. The van der Waals surface area contributed by atoms with Gasteiger partial charge >= 0.3 is 0 Å². The maximum Gasteiger partial charge on any atom is 0.116 e. The first-order chi connectivity index (χ1) is 7.17. The van der Waals surface area contributed by atoms with Crippen LogP contribution < -0.4 is 0 Å². The Morgan fingerprint density at radius 1 is 1.20 bits per heavy atom. The summed E-state index contributed by atoms with van der Waals surface area (Å²) in [4.78, 5) is 8.81. The molecule has 1 rings (SSSR count). The molecule has 15 heavy (non-hydrogen) atoms. The van der Waals surface area contributed by atoms with Gasteiger partial charge < -0.3 is 14.3 Å². The van der Waals surface area contributed by atoms with Crippen molar-refractivity contribution >= 4 is 6.29 Å². The molecular weight excluding hydrogens is 192 g/mol. The van der Waals surface area contributed by atoms with E-state index in [4.69, 9.17) is 14.3 Å². The summed E-state index contributed by atoms with van der Waals surface area (Å²) in [6.07, 6.45) is 7.49. The van der Waals surface area contributed by atoms with E-state index in [2.05, 4.69) is 0 Å². The average Bonchev–Trinajstić information content (AvgIpc) is 2.41. The van der Waals surface area contributed by atoms with Crippen molar-refractivity contribution in [2.45, 2.75) is 20.3 Å². The molecule has 0 fully saturated rings. The standard InChI is InChI=1S/C10H14O2.C2H4O/c1-8-4-5-9(11-2)7-10(6-8)12-3;1-2-3/h4-6H,7H2,1-3H3;2H,1H3. The van der Waals surface area contributed by atoms with Crippen LogP contribution in [0.3, 0.4) is 0 Å². The Hall–Kier alpha value is -1.51. The lowest BCUT2D eigenvalue weighted by Crippen LogP contribution is -1.91. The van der Waals surface area contributed by atoms with E-state index in [9.17, 15) is 0 Å². The van der Waals surface area contributed by atoms with Gasteiger partial charge in [0.05, 0.1) is 20.6 Å². The molecule has 0 saturated carbocycles. The molecule has 0 aromatic rings. The van der Waals surface area contributed by atoms with E-state index in [-0.39, 0.29) is 0 Å². The van der Waals surface area contributed by atoms with Crippen LogP contribution in [0.2, 0.25) is 0 Å². The molecule has 0 atom stereocenters. The van der Waals surface area contributed by atoms with Gasteiger partial charge in [0.15, 0.2) is 0 Å². The molecule has 0 unspecified atom stereocenters. The normalized spacial score (nSPS) is 14.5. The molecule has 0 aromatic heterocycles. The van der Waals surface area contributed by atoms with Crippen molar-refractivity contribution in [2.24, 2.45) is 0 Å². The number of methoxy groups -OCH3 is 2. The summed E-state index contributed by atoms with van der Waals surface area (Å²) in [6.45, 7) is 3.48. The fraction of sp³-hybridized carbons (Fsp3) is 0.417. The predicted octanol–water partition coefficient (Wildman–Crippen LogP) is 2.60. The van der Waals surface area contributed by atoms with Gasteiger partial charge in [0.25, 0.3) is 0 Å². The van der Waals surface area contributed by atoms with E-state index in [0.717, 1.165) is 24.2 Å². The highest BCUT2D eigenvalue weighted by Crippen LogP contribution is 2.18. The van der Waals surface area contributed by atoms with Gasteiger partial charge in [0, 0.05) is 0 Å². The lowest BCUT2D eigenvalue weighted by molar-refractivity contribution is -0.106. The van der Waals surface area contributed by atoms with E-state index in [0.29, 0.717) is 0 Å². The van der Waals surface area contributed by atoms with Gasteiger partial charge in [-0.25, -0.2) is 0 Å². The lowest BCUT2D eigenvalue weighted by atomic mass is 10.2. The zero-order chi connectivity index (χ0) is 11.7. The summed E-state index contributed by atoms with van der Waals surface area (Å²) in [6, 6.07) is 0. The first kappa shape index (κ1) is 13.5. The Morgan fingerprint density at radius 3 is 2.20 bits per heavy atom. The maximum atomic E-state index is 8.81. The van der Waals surface area contributed by atoms with Crippen LogP contribution in [0.15, 0.2) is 35.3 Å². The topological polar surface area (TPSA) is 35.5 Å². The van der Waals surface area contributed by atoms with Crippen LogP contribution in [0.5, 0.6) is 0 Å². The maximum absolute atomic E-state index is 8.81. The number of aldehydes is 1. The molecule has 0 N–H and O–H groups in total. The van der Waals surface area contributed by atoms with Crippen molar-refractivity contribution in [1.29, 1.82) is 0 Å². The van der Waals surface area contributed by atoms with Crippen molar-refractivity contribution in [3.63, 3.8) is 0 Å². The van der Waals surface area contributed by atoms with E-state index in [1.807, 2.05) is 25.2 Å². The van der Waals surface area contributed by atoms with Crippen LogP contribution in [0, 0.1) is 0 Å².